The van der Waals surface area contributed by atoms with Gasteiger partial charge >= 0.3 is 0 Å². The lowest BCUT2D eigenvalue weighted by molar-refractivity contribution is 0.702. The number of amidine groups is 1. The molecule has 0 aromatic heterocycles. The maximum atomic E-state index is 4.58. The number of benzene rings is 1. The number of hydrogen-bond donors (Lipinski definition) is 1. The molecular weight excluding hydrogens is 228 g/mol. The van der Waals surface area contributed by atoms with Crippen LogP contribution in [0.3, 0.4) is 0 Å². The lowest BCUT2D eigenvalue weighted by atomic mass is 10.1. The Morgan fingerprint density at radius 2 is 2.06 bits per heavy atom. The molecule has 1 aliphatic carbocycles. The third kappa shape index (κ3) is 3.03. The molecule has 1 heterocycles. The molecule has 0 amide bonds. The summed E-state index contributed by atoms with van der Waals surface area (Å²) in [5.74, 6) is 0.999. The fourth-order valence-corrected chi connectivity index (χ4v) is 3.15. The van der Waals surface area contributed by atoms with E-state index >= 15 is 0 Å². The van der Waals surface area contributed by atoms with Gasteiger partial charge in [-0.25, -0.2) is 0 Å². The predicted octanol–water partition coefficient (Wildman–Crippen LogP) is 3.22. The van der Waals surface area contributed by atoms with Crippen LogP contribution < -0.4 is 5.32 Å². The number of nitrogens with zero attached hydrogens (tertiary/aromatic N) is 1. The molecular formula is C14H18N2S. The first-order chi connectivity index (χ1) is 8.42. The molecule has 17 heavy (non-hydrogen) atoms. The topological polar surface area (TPSA) is 24.4 Å². The highest BCUT2D eigenvalue weighted by Crippen LogP contribution is 2.35. The predicted molar refractivity (Wildman–Crippen MR) is 74.4 cm³/mol. The SMILES string of the molecule is c1ccc(C2CN=C(NCCC3CC3)S2)cc1. The van der Waals surface area contributed by atoms with Gasteiger partial charge in [-0.15, -0.1) is 0 Å². The number of nitrogens with one attached hydrogen (secondary N) is 1. The normalized spacial score (nSPS) is 23.5. The van der Waals surface area contributed by atoms with E-state index in [0.29, 0.717) is 5.25 Å². The smallest absolute Gasteiger partial charge is 0.157 e. The maximum absolute atomic E-state index is 4.58. The second-order valence-electron chi connectivity index (χ2n) is 4.82. The molecule has 1 aromatic carbocycles. The zero-order valence-electron chi connectivity index (χ0n) is 9.93. The van der Waals surface area contributed by atoms with E-state index in [1.165, 1.54) is 24.8 Å². The molecule has 1 saturated carbocycles. The van der Waals surface area contributed by atoms with E-state index in [1.54, 1.807) is 0 Å². The summed E-state index contributed by atoms with van der Waals surface area (Å²) >= 11 is 1.87. The molecule has 0 bridgehead atoms. The van der Waals surface area contributed by atoms with E-state index in [1.807, 2.05) is 11.8 Å². The molecule has 1 atom stereocenters. The monoisotopic (exact) mass is 246 g/mol. The maximum Gasteiger partial charge on any atom is 0.157 e. The van der Waals surface area contributed by atoms with E-state index in [4.69, 9.17) is 0 Å². The van der Waals surface area contributed by atoms with Gasteiger partial charge in [0.15, 0.2) is 5.17 Å². The molecule has 1 unspecified atom stereocenters. The van der Waals surface area contributed by atoms with Gasteiger partial charge in [-0.05, 0) is 17.9 Å². The average molecular weight is 246 g/mol. The van der Waals surface area contributed by atoms with E-state index in [0.717, 1.165) is 24.2 Å². The lowest BCUT2D eigenvalue weighted by Crippen LogP contribution is -2.20. The molecule has 3 rings (SSSR count). The Labute approximate surface area is 107 Å². The summed E-state index contributed by atoms with van der Waals surface area (Å²) in [5, 5.41) is 5.12. The molecule has 2 nitrogen and oxygen atoms in total. The fourth-order valence-electron chi connectivity index (χ4n) is 2.10. The largest absolute Gasteiger partial charge is 0.365 e. The highest BCUT2D eigenvalue weighted by Gasteiger charge is 2.23. The van der Waals surface area contributed by atoms with Crippen LogP contribution >= 0.6 is 11.8 Å². The quantitative estimate of drug-likeness (QED) is 0.882. The van der Waals surface area contributed by atoms with Gasteiger partial charge in [-0.3, -0.25) is 4.99 Å². The van der Waals surface area contributed by atoms with Gasteiger partial charge in [-0.1, -0.05) is 54.9 Å². The summed E-state index contributed by atoms with van der Waals surface area (Å²) in [6, 6.07) is 10.7. The summed E-state index contributed by atoms with van der Waals surface area (Å²) < 4.78 is 0. The number of aliphatic imine (C=N–C) groups is 1. The Bertz CT molecular complexity index is 398. The van der Waals surface area contributed by atoms with Gasteiger partial charge in [0.1, 0.15) is 0 Å². The van der Waals surface area contributed by atoms with Crippen molar-refractivity contribution in [2.75, 3.05) is 13.1 Å². The van der Waals surface area contributed by atoms with Crippen molar-refractivity contribution < 1.29 is 0 Å². The fraction of sp³-hybridized carbons (Fsp3) is 0.500. The number of hydrogen-bond acceptors (Lipinski definition) is 3. The summed E-state index contributed by atoms with van der Waals surface area (Å²) in [5.41, 5.74) is 1.39. The van der Waals surface area contributed by atoms with E-state index < -0.39 is 0 Å². The van der Waals surface area contributed by atoms with Crippen molar-refractivity contribution in [2.24, 2.45) is 10.9 Å². The lowest BCUT2D eigenvalue weighted by Gasteiger charge is -2.09. The molecule has 90 valence electrons. The Morgan fingerprint density at radius 3 is 2.82 bits per heavy atom. The van der Waals surface area contributed by atoms with Gasteiger partial charge in [0.25, 0.3) is 0 Å². The molecule has 1 aliphatic heterocycles. The van der Waals surface area contributed by atoms with Crippen LogP contribution in [0, 0.1) is 5.92 Å². The molecule has 1 fully saturated rings. The molecule has 3 heteroatoms. The second kappa shape index (κ2) is 5.13. The minimum absolute atomic E-state index is 0.514. The third-order valence-electron chi connectivity index (χ3n) is 3.35. The van der Waals surface area contributed by atoms with Gasteiger partial charge in [-0.2, -0.15) is 0 Å². The summed E-state index contributed by atoms with van der Waals surface area (Å²) in [7, 11) is 0. The second-order valence-corrected chi connectivity index (χ2v) is 6.01. The first-order valence-corrected chi connectivity index (χ1v) is 7.30. The standard InChI is InChI=1S/C14H18N2S/c1-2-4-12(5-3-1)13-10-16-14(17-13)15-9-8-11-6-7-11/h1-5,11,13H,6-10H2,(H,15,16). The minimum Gasteiger partial charge on any atom is -0.365 e. The van der Waals surface area contributed by atoms with Gasteiger partial charge in [0.2, 0.25) is 0 Å². The van der Waals surface area contributed by atoms with Crippen molar-refractivity contribution in [3.8, 4) is 0 Å². The van der Waals surface area contributed by atoms with Crippen LogP contribution in [-0.2, 0) is 0 Å². The Balaban J connectivity index is 1.47. The summed E-state index contributed by atoms with van der Waals surface area (Å²) in [6.07, 6.45) is 4.19. The highest BCUT2D eigenvalue weighted by molar-refractivity contribution is 8.14. The van der Waals surface area contributed by atoms with E-state index in [2.05, 4.69) is 40.6 Å². The first kappa shape index (κ1) is 11.1. The summed E-state index contributed by atoms with van der Waals surface area (Å²) in [4.78, 5) is 4.58. The third-order valence-corrected chi connectivity index (χ3v) is 4.55. The van der Waals surface area contributed by atoms with E-state index in [9.17, 15) is 0 Å². The zero-order chi connectivity index (χ0) is 11.5. The van der Waals surface area contributed by atoms with Crippen LogP contribution in [0.25, 0.3) is 0 Å². The molecule has 0 radical (unpaired) electrons. The van der Waals surface area contributed by atoms with Crippen molar-refractivity contribution in [3.63, 3.8) is 0 Å². The van der Waals surface area contributed by atoms with Gasteiger partial charge < -0.3 is 5.32 Å². The first-order valence-electron chi connectivity index (χ1n) is 6.42. The molecule has 2 aliphatic rings. The van der Waals surface area contributed by atoms with Crippen molar-refractivity contribution in [3.05, 3.63) is 35.9 Å². The zero-order valence-corrected chi connectivity index (χ0v) is 10.7. The Hall–Kier alpha value is -0.960. The molecule has 0 saturated heterocycles. The Morgan fingerprint density at radius 1 is 1.24 bits per heavy atom. The minimum atomic E-state index is 0.514. The Kier molecular flexibility index (Phi) is 3.36. The van der Waals surface area contributed by atoms with Crippen molar-refractivity contribution in [1.82, 2.24) is 5.32 Å². The van der Waals surface area contributed by atoms with Crippen molar-refractivity contribution >= 4 is 16.9 Å². The molecule has 0 spiro atoms. The van der Waals surface area contributed by atoms with Crippen LogP contribution in [0.2, 0.25) is 0 Å². The van der Waals surface area contributed by atoms with Crippen LogP contribution in [0.15, 0.2) is 35.3 Å². The number of thioether (sulfide) groups is 1. The molecule has 1 N–H and O–H groups in total. The number of rotatable bonds is 4. The highest BCUT2D eigenvalue weighted by atomic mass is 32.2. The van der Waals surface area contributed by atoms with E-state index in [-0.39, 0.29) is 0 Å². The van der Waals surface area contributed by atoms with Crippen molar-refractivity contribution in [1.29, 1.82) is 0 Å². The van der Waals surface area contributed by atoms with Crippen LogP contribution in [0.5, 0.6) is 0 Å². The van der Waals surface area contributed by atoms with Gasteiger partial charge in [0.05, 0.1) is 11.8 Å². The molecule has 1 aromatic rings. The van der Waals surface area contributed by atoms with Crippen LogP contribution in [0.4, 0.5) is 0 Å². The average Bonchev–Trinajstić information content (AvgIpc) is 3.07. The van der Waals surface area contributed by atoms with Gasteiger partial charge in [0, 0.05) is 6.54 Å². The summed E-state index contributed by atoms with van der Waals surface area (Å²) in [6.45, 7) is 2.01. The van der Waals surface area contributed by atoms with Crippen LogP contribution in [0.1, 0.15) is 30.1 Å². The van der Waals surface area contributed by atoms with Crippen LogP contribution in [-0.4, -0.2) is 18.3 Å². The van der Waals surface area contributed by atoms with Crippen molar-refractivity contribution in [2.45, 2.75) is 24.5 Å².